The zero-order chi connectivity index (χ0) is 20.4. The number of nitrogens with one attached hydrogen (secondary N) is 1. The van der Waals surface area contributed by atoms with Gasteiger partial charge in [0.15, 0.2) is 0 Å². The molecule has 0 radical (unpaired) electrons. The highest BCUT2D eigenvalue weighted by molar-refractivity contribution is 7.89. The predicted octanol–water partition coefficient (Wildman–Crippen LogP) is 0.379. The smallest absolute Gasteiger partial charge is 0.308 e. The van der Waals surface area contributed by atoms with Crippen LogP contribution in [-0.4, -0.2) is 69.4 Å². The highest BCUT2D eigenvalue weighted by atomic mass is 32.2. The van der Waals surface area contributed by atoms with E-state index in [1.807, 2.05) is 0 Å². The summed E-state index contributed by atoms with van der Waals surface area (Å²) in [5, 5.41) is 0. The molecule has 0 aliphatic carbocycles. The maximum atomic E-state index is 12.6. The number of aromatic nitrogens is 1. The second-order valence-electron chi connectivity index (χ2n) is 7.06. The van der Waals surface area contributed by atoms with Crippen LogP contribution in [0.15, 0.2) is 27.9 Å². The van der Waals surface area contributed by atoms with Crippen molar-refractivity contribution < 1.29 is 22.7 Å². The lowest BCUT2D eigenvalue weighted by Gasteiger charge is -2.26. The van der Waals surface area contributed by atoms with Gasteiger partial charge in [-0.25, -0.2) is 13.1 Å². The van der Waals surface area contributed by atoms with E-state index in [2.05, 4.69) is 4.72 Å². The Morgan fingerprint density at radius 3 is 2.76 bits per heavy atom. The number of rotatable bonds is 6. The fourth-order valence-electron chi connectivity index (χ4n) is 3.50. The molecule has 2 aromatic rings. The fourth-order valence-corrected chi connectivity index (χ4v) is 5.60. The topological polar surface area (TPSA) is 107 Å². The molecule has 29 heavy (non-hydrogen) atoms. The van der Waals surface area contributed by atoms with Gasteiger partial charge in [-0.15, -0.1) is 0 Å². The van der Waals surface area contributed by atoms with E-state index in [1.165, 1.54) is 16.7 Å². The molecule has 9 nitrogen and oxygen atoms in total. The number of ether oxygens (including phenoxy) is 2. The normalized spacial score (nSPS) is 20.4. The molecule has 1 aromatic heterocycles. The second kappa shape index (κ2) is 8.52. The van der Waals surface area contributed by atoms with E-state index < -0.39 is 10.0 Å². The van der Waals surface area contributed by atoms with Crippen molar-refractivity contribution in [2.75, 3.05) is 39.5 Å². The number of nitrogens with zero attached hydrogens (tertiary/aromatic N) is 2. The van der Waals surface area contributed by atoms with Crippen molar-refractivity contribution in [1.82, 2.24) is 14.2 Å². The summed E-state index contributed by atoms with van der Waals surface area (Å²) in [5.74, 6) is -0.148. The number of carbonyl (C=O) groups is 1. The van der Waals surface area contributed by atoms with Gasteiger partial charge in [-0.05, 0) is 31.0 Å². The van der Waals surface area contributed by atoms with Gasteiger partial charge in [0.1, 0.15) is 6.54 Å². The molecule has 11 heteroatoms. The van der Waals surface area contributed by atoms with Crippen molar-refractivity contribution in [2.45, 2.75) is 30.4 Å². The number of thiazole rings is 1. The molecule has 2 fully saturated rings. The van der Waals surface area contributed by atoms with Gasteiger partial charge in [-0.3, -0.25) is 14.2 Å². The Balaban J connectivity index is 1.52. The Kier molecular flexibility index (Phi) is 6.02. The summed E-state index contributed by atoms with van der Waals surface area (Å²) in [6, 6.07) is 4.53. The third-order valence-electron chi connectivity index (χ3n) is 5.13. The van der Waals surface area contributed by atoms with Gasteiger partial charge in [0.2, 0.25) is 15.9 Å². The van der Waals surface area contributed by atoms with E-state index in [0.717, 1.165) is 24.2 Å². The van der Waals surface area contributed by atoms with Crippen molar-refractivity contribution in [3.05, 3.63) is 27.9 Å². The third kappa shape index (κ3) is 4.53. The van der Waals surface area contributed by atoms with Crippen molar-refractivity contribution in [1.29, 1.82) is 0 Å². The lowest BCUT2D eigenvalue weighted by Crippen LogP contribution is -2.43. The van der Waals surface area contributed by atoms with Crippen LogP contribution in [0.4, 0.5) is 0 Å². The van der Waals surface area contributed by atoms with Gasteiger partial charge in [-0.1, -0.05) is 11.3 Å². The van der Waals surface area contributed by atoms with Crippen LogP contribution >= 0.6 is 11.3 Å². The first-order valence-corrected chi connectivity index (χ1v) is 11.8. The zero-order valence-corrected chi connectivity index (χ0v) is 17.5. The summed E-state index contributed by atoms with van der Waals surface area (Å²) < 4.78 is 40.4. The molecule has 4 rings (SSSR count). The van der Waals surface area contributed by atoms with Gasteiger partial charge in [0.05, 0.1) is 34.4 Å². The van der Waals surface area contributed by atoms with Crippen LogP contribution in [0.2, 0.25) is 0 Å². The molecule has 158 valence electrons. The summed E-state index contributed by atoms with van der Waals surface area (Å²) >= 11 is 0.936. The van der Waals surface area contributed by atoms with Gasteiger partial charge in [0.25, 0.3) is 0 Å². The van der Waals surface area contributed by atoms with Crippen molar-refractivity contribution in [3.8, 4) is 0 Å². The minimum atomic E-state index is -3.71. The van der Waals surface area contributed by atoms with Crippen LogP contribution in [0.25, 0.3) is 10.2 Å². The molecule has 1 unspecified atom stereocenters. The van der Waals surface area contributed by atoms with Crippen LogP contribution in [0.5, 0.6) is 0 Å². The molecule has 1 amide bonds. The molecule has 3 heterocycles. The summed E-state index contributed by atoms with van der Waals surface area (Å²) in [6.45, 7) is 2.82. The number of sulfonamides is 1. The van der Waals surface area contributed by atoms with E-state index in [1.54, 1.807) is 11.0 Å². The highest BCUT2D eigenvalue weighted by Crippen LogP contribution is 2.22. The number of amides is 1. The number of hydrogen-bond acceptors (Lipinski definition) is 7. The molecular weight excluding hydrogens is 418 g/mol. The lowest BCUT2D eigenvalue weighted by atomic mass is 10.2. The minimum absolute atomic E-state index is 0.0673. The highest BCUT2D eigenvalue weighted by Gasteiger charge is 2.23. The number of hydrogen-bond donors (Lipinski definition) is 1. The average Bonchev–Trinajstić information content (AvgIpc) is 3.35. The maximum Gasteiger partial charge on any atom is 0.308 e. The van der Waals surface area contributed by atoms with Gasteiger partial charge in [0, 0.05) is 26.2 Å². The molecule has 1 aromatic carbocycles. The molecule has 1 N–H and O–H groups in total. The Bertz CT molecular complexity index is 1050. The Hall–Kier alpha value is -1.79. The van der Waals surface area contributed by atoms with Crippen LogP contribution in [0, 0.1) is 0 Å². The molecule has 0 bridgehead atoms. The lowest BCUT2D eigenvalue weighted by molar-refractivity contribution is -0.135. The van der Waals surface area contributed by atoms with E-state index >= 15 is 0 Å². The number of carbonyl (C=O) groups excluding carboxylic acids is 1. The van der Waals surface area contributed by atoms with Crippen LogP contribution in [-0.2, 0) is 30.8 Å². The maximum absolute atomic E-state index is 12.6. The van der Waals surface area contributed by atoms with Crippen LogP contribution in [0.3, 0.4) is 0 Å². The SMILES string of the molecule is O=C(Cn1c(=O)sc2cc(S(=O)(=O)NCC3CCCO3)ccc21)N1CCOCC1. The summed E-state index contributed by atoms with van der Waals surface area (Å²) in [5.41, 5.74) is 0.555. The molecule has 0 saturated carbocycles. The largest absolute Gasteiger partial charge is 0.378 e. The Labute approximate surface area is 172 Å². The first kappa shape index (κ1) is 20.5. The molecular formula is C18H23N3O6S2. The summed E-state index contributed by atoms with van der Waals surface area (Å²) in [4.78, 5) is 26.4. The number of benzene rings is 1. The molecule has 1 atom stereocenters. The van der Waals surface area contributed by atoms with Gasteiger partial charge < -0.3 is 14.4 Å². The van der Waals surface area contributed by atoms with Gasteiger partial charge >= 0.3 is 4.87 Å². The second-order valence-corrected chi connectivity index (χ2v) is 9.82. The summed E-state index contributed by atoms with van der Waals surface area (Å²) in [6.07, 6.45) is 1.67. The Morgan fingerprint density at radius 1 is 1.24 bits per heavy atom. The zero-order valence-electron chi connectivity index (χ0n) is 15.8. The van der Waals surface area contributed by atoms with Gasteiger partial charge in [-0.2, -0.15) is 0 Å². The van der Waals surface area contributed by atoms with Crippen LogP contribution < -0.4 is 9.60 Å². The Morgan fingerprint density at radius 2 is 2.03 bits per heavy atom. The molecule has 2 aliphatic heterocycles. The van der Waals surface area contributed by atoms with Crippen molar-refractivity contribution in [2.24, 2.45) is 0 Å². The number of morpholine rings is 1. The van der Waals surface area contributed by atoms with E-state index in [0.29, 0.717) is 43.1 Å². The first-order chi connectivity index (χ1) is 13.9. The predicted molar refractivity (Wildman–Crippen MR) is 108 cm³/mol. The monoisotopic (exact) mass is 441 g/mol. The number of fused-ring (bicyclic) bond motifs is 1. The summed E-state index contributed by atoms with van der Waals surface area (Å²) in [7, 11) is -3.71. The molecule has 0 spiro atoms. The van der Waals surface area contributed by atoms with Crippen molar-refractivity contribution in [3.63, 3.8) is 0 Å². The average molecular weight is 442 g/mol. The van der Waals surface area contributed by atoms with E-state index in [9.17, 15) is 18.0 Å². The van der Waals surface area contributed by atoms with E-state index in [4.69, 9.17) is 9.47 Å². The quantitative estimate of drug-likeness (QED) is 0.695. The van der Waals surface area contributed by atoms with Crippen LogP contribution in [0.1, 0.15) is 12.8 Å². The first-order valence-electron chi connectivity index (χ1n) is 9.54. The minimum Gasteiger partial charge on any atom is -0.378 e. The van der Waals surface area contributed by atoms with E-state index in [-0.39, 0.29) is 34.9 Å². The standard InChI is InChI=1S/C18H23N3O6S2/c22-17(20-5-8-26-9-6-20)12-21-15-4-3-14(10-16(15)28-18(21)23)29(24,25)19-11-13-2-1-7-27-13/h3-4,10,13,19H,1-2,5-9,11-12H2. The fraction of sp³-hybridized carbons (Fsp3) is 0.556. The van der Waals surface area contributed by atoms with Crippen molar-refractivity contribution >= 4 is 37.5 Å². The third-order valence-corrected chi connectivity index (χ3v) is 7.50. The molecule has 2 saturated heterocycles. The molecule has 2 aliphatic rings.